The van der Waals surface area contributed by atoms with Gasteiger partial charge in [0.15, 0.2) is 0 Å². The molecular weight excluding hydrogens is 442 g/mol. The van der Waals surface area contributed by atoms with Gasteiger partial charge in [0.1, 0.15) is 11.9 Å². The Bertz CT molecular complexity index is 1100. The molecule has 174 valence electrons. The maximum absolute atomic E-state index is 14.1. The summed E-state index contributed by atoms with van der Waals surface area (Å²) in [5.74, 6) is -1.15. The molecule has 2 unspecified atom stereocenters. The highest BCUT2D eigenvalue weighted by Crippen LogP contribution is 2.45. The van der Waals surface area contributed by atoms with Crippen molar-refractivity contribution in [1.29, 1.82) is 0 Å². The van der Waals surface area contributed by atoms with Crippen molar-refractivity contribution < 1.29 is 31.9 Å². The highest BCUT2D eigenvalue weighted by atomic mass is 19.4. The highest BCUT2D eigenvalue weighted by molar-refractivity contribution is 5.90. The number of urea groups is 1. The molecule has 2 aliphatic heterocycles. The molecule has 2 heterocycles. The number of ether oxygens (including phenoxy) is 1. The van der Waals surface area contributed by atoms with Crippen LogP contribution >= 0.6 is 0 Å². The Morgan fingerprint density at radius 3 is 2.52 bits per heavy atom. The SMILES string of the molecule is O=C(Nc1c(F)cccc1C(F)(F)F)N1CCC(N2C(=O)OC3Cc4ccccc4C32)CC1. The lowest BCUT2D eigenvalue weighted by atomic mass is 9.99. The molecular formula is C23H21F4N3O3. The minimum Gasteiger partial charge on any atom is -0.443 e. The van der Waals surface area contributed by atoms with E-state index < -0.39 is 29.3 Å². The molecule has 0 radical (unpaired) electrons. The molecule has 0 bridgehead atoms. The monoisotopic (exact) mass is 463 g/mol. The Kier molecular flexibility index (Phi) is 5.18. The van der Waals surface area contributed by atoms with Gasteiger partial charge in [0, 0.05) is 25.6 Å². The van der Waals surface area contributed by atoms with Crippen LogP contribution in [-0.4, -0.2) is 47.2 Å². The number of nitrogens with zero attached hydrogens (tertiary/aromatic N) is 2. The Morgan fingerprint density at radius 2 is 1.79 bits per heavy atom. The average Bonchev–Trinajstić information content (AvgIpc) is 3.28. The van der Waals surface area contributed by atoms with Crippen LogP contribution < -0.4 is 5.32 Å². The third-order valence-electron chi connectivity index (χ3n) is 6.61. The van der Waals surface area contributed by atoms with E-state index in [-0.39, 0.29) is 37.4 Å². The third kappa shape index (κ3) is 3.77. The summed E-state index contributed by atoms with van der Waals surface area (Å²) in [7, 11) is 0. The summed E-state index contributed by atoms with van der Waals surface area (Å²) in [4.78, 5) is 28.3. The van der Waals surface area contributed by atoms with Gasteiger partial charge in [-0.1, -0.05) is 30.3 Å². The molecule has 0 saturated carbocycles. The third-order valence-corrected chi connectivity index (χ3v) is 6.61. The highest BCUT2D eigenvalue weighted by Gasteiger charge is 2.50. The maximum atomic E-state index is 14.1. The van der Waals surface area contributed by atoms with Gasteiger partial charge in [0.25, 0.3) is 0 Å². The van der Waals surface area contributed by atoms with Crippen molar-refractivity contribution in [2.75, 3.05) is 18.4 Å². The Balaban J connectivity index is 1.27. The van der Waals surface area contributed by atoms with Crippen LogP contribution in [0.25, 0.3) is 0 Å². The topological polar surface area (TPSA) is 61.9 Å². The lowest BCUT2D eigenvalue weighted by Crippen LogP contribution is -2.49. The number of anilines is 1. The molecule has 2 fully saturated rings. The quantitative estimate of drug-likeness (QED) is 0.641. The number of carbonyl (C=O) groups excluding carboxylic acids is 2. The number of piperidine rings is 1. The molecule has 1 aliphatic carbocycles. The molecule has 2 aromatic rings. The first-order chi connectivity index (χ1) is 15.7. The smallest absolute Gasteiger partial charge is 0.418 e. The Morgan fingerprint density at radius 1 is 1.06 bits per heavy atom. The van der Waals surface area contributed by atoms with E-state index in [1.165, 1.54) is 4.90 Å². The fourth-order valence-corrected chi connectivity index (χ4v) is 5.07. The maximum Gasteiger partial charge on any atom is 0.418 e. The van der Waals surface area contributed by atoms with Crippen molar-refractivity contribution in [2.24, 2.45) is 0 Å². The van der Waals surface area contributed by atoms with Crippen LogP contribution in [0.1, 0.15) is 35.6 Å². The van der Waals surface area contributed by atoms with Gasteiger partial charge >= 0.3 is 18.3 Å². The number of carbonyl (C=O) groups is 2. The first-order valence-electron chi connectivity index (χ1n) is 10.7. The van der Waals surface area contributed by atoms with Crippen LogP contribution in [0, 0.1) is 5.82 Å². The average molecular weight is 463 g/mol. The summed E-state index contributed by atoms with van der Waals surface area (Å²) < 4.78 is 59.3. The zero-order valence-electron chi connectivity index (χ0n) is 17.4. The van der Waals surface area contributed by atoms with Gasteiger partial charge in [-0.25, -0.2) is 14.0 Å². The molecule has 2 atom stereocenters. The van der Waals surface area contributed by atoms with Gasteiger partial charge in [-0.3, -0.25) is 4.90 Å². The second-order valence-corrected chi connectivity index (χ2v) is 8.49. The van der Waals surface area contributed by atoms with E-state index in [0.29, 0.717) is 19.3 Å². The van der Waals surface area contributed by atoms with Crippen LogP contribution in [0.3, 0.4) is 0 Å². The van der Waals surface area contributed by atoms with Crippen LogP contribution in [0.5, 0.6) is 0 Å². The summed E-state index contributed by atoms with van der Waals surface area (Å²) in [5.41, 5.74) is 0.0852. The van der Waals surface area contributed by atoms with Crippen molar-refractivity contribution in [3.05, 3.63) is 65.0 Å². The van der Waals surface area contributed by atoms with Crippen molar-refractivity contribution in [2.45, 2.75) is 43.6 Å². The summed E-state index contributed by atoms with van der Waals surface area (Å²) in [5, 5.41) is 2.09. The second-order valence-electron chi connectivity index (χ2n) is 8.49. The zero-order chi connectivity index (χ0) is 23.3. The molecule has 2 aromatic carbocycles. The summed E-state index contributed by atoms with van der Waals surface area (Å²) in [6.45, 7) is 0.435. The number of nitrogens with one attached hydrogen (secondary N) is 1. The molecule has 0 spiro atoms. The Labute approximate surface area is 187 Å². The summed E-state index contributed by atoms with van der Waals surface area (Å²) in [6, 6.07) is 9.27. The zero-order valence-corrected chi connectivity index (χ0v) is 17.4. The fraction of sp³-hybridized carbons (Fsp3) is 0.391. The van der Waals surface area contributed by atoms with Crippen LogP contribution in [-0.2, 0) is 17.3 Å². The number of rotatable bonds is 2. The fourth-order valence-electron chi connectivity index (χ4n) is 5.07. The molecule has 0 aromatic heterocycles. The summed E-state index contributed by atoms with van der Waals surface area (Å²) in [6.07, 6.45) is -3.88. The van der Waals surface area contributed by atoms with Gasteiger partial charge in [-0.2, -0.15) is 13.2 Å². The van der Waals surface area contributed by atoms with Gasteiger partial charge in [0.05, 0.1) is 17.3 Å². The molecule has 3 amide bonds. The van der Waals surface area contributed by atoms with Crippen LogP contribution in [0.2, 0.25) is 0 Å². The van der Waals surface area contributed by atoms with E-state index in [2.05, 4.69) is 5.32 Å². The number of fused-ring (bicyclic) bond motifs is 3. The minimum absolute atomic E-state index is 0.165. The largest absolute Gasteiger partial charge is 0.443 e. The first kappa shape index (κ1) is 21.5. The number of hydrogen-bond acceptors (Lipinski definition) is 3. The van der Waals surface area contributed by atoms with E-state index in [1.54, 1.807) is 4.90 Å². The predicted molar refractivity (Wildman–Crippen MR) is 110 cm³/mol. The molecule has 10 heteroatoms. The first-order valence-corrected chi connectivity index (χ1v) is 10.7. The summed E-state index contributed by atoms with van der Waals surface area (Å²) >= 11 is 0. The van der Waals surface area contributed by atoms with E-state index in [1.807, 2.05) is 24.3 Å². The van der Waals surface area contributed by atoms with E-state index in [9.17, 15) is 27.2 Å². The number of amides is 3. The van der Waals surface area contributed by atoms with Crippen LogP contribution in [0.4, 0.5) is 32.8 Å². The minimum atomic E-state index is -4.80. The van der Waals surface area contributed by atoms with E-state index in [4.69, 9.17) is 4.74 Å². The van der Waals surface area contributed by atoms with Gasteiger partial charge in [0.2, 0.25) is 0 Å². The van der Waals surface area contributed by atoms with Crippen molar-refractivity contribution >= 4 is 17.8 Å². The molecule has 3 aliphatic rings. The number of para-hydroxylation sites is 1. The number of alkyl halides is 3. The van der Waals surface area contributed by atoms with Crippen molar-refractivity contribution in [3.8, 4) is 0 Å². The van der Waals surface area contributed by atoms with Gasteiger partial charge < -0.3 is 15.0 Å². The van der Waals surface area contributed by atoms with Crippen molar-refractivity contribution in [1.82, 2.24) is 9.80 Å². The normalized spacial score (nSPS) is 22.7. The van der Waals surface area contributed by atoms with Crippen LogP contribution in [0.15, 0.2) is 42.5 Å². The second kappa shape index (κ2) is 7.93. The lowest BCUT2D eigenvalue weighted by molar-refractivity contribution is -0.137. The number of likely N-dealkylation sites (tertiary alicyclic amines) is 1. The molecule has 2 saturated heterocycles. The number of halogens is 4. The standard InChI is InChI=1S/C23H21F4N3O3/c24-17-7-3-6-16(23(25,26)27)19(17)28-21(31)29-10-8-14(9-11-29)30-20-15-5-2-1-4-13(15)12-18(20)33-22(30)32/h1-7,14,18,20H,8-12H2,(H,28,31). The number of hydrogen-bond donors (Lipinski definition) is 1. The number of benzene rings is 2. The van der Waals surface area contributed by atoms with Gasteiger partial charge in [-0.05, 0) is 36.1 Å². The Hall–Kier alpha value is -3.30. The predicted octanol–water partition coefficient (Wildman–Crippen LogP) is 4.96. The lowest BCUT2D eigenvalue weighted by Gasteiger charge is -2.38. The molecule has 1 N–H and O–H groups in total. The van der Waals surface area contributed by atoms with Crippen molar-refractivity contribution in [3.63, 3.8) is 0 Å². The molecule has 6 nitrogen and oxygen atoms in total. The molecule has 5 rings (SSSR count). The van der Waals surface area contributed by atoms with E-state index in [0.717, 1.165) is 29.3 Å². The molecule has 33 heavy (non-hydrogen) atoms. The van der Waals surface area contributed by atoms with Gasteiger partial charge in [-0.15, -0.1) is 0 Å². The van der Waals surface area contributed by atoms with E-state index >= 15 is 0 Å².